The van der Waals surface area contributed by atoms with Gasteiger partial charge in [-0.25, -0.2) is 0 Å². The van der Waals surface area contributed by atoms with Gasteiger partial charge in [-0.05, 0) is 25.2 Å². The van der Waals surface area contributed by atoms with Crippen LogP contribution >= 0.6 is 0 Å². The Hall–Kier alpha value is -0.260. The quantitative estimate of drug-likeness (QED) is 0.456. The molecule has 0 N–H and O–H groups in total. The number of hydrogen-bond donors (Lipinski definition) is 0. The highest BCUT2D eigenvalue weighted by atomic mass is 14.0. The van der Waals surface area contributed by atoms with Gasteiger partial charge < -0.3 is 0 Å². The van der Waals surface area contributed by atoms with Crippen molar-refractivity contribution in [3.8, 4) is 0 Å². The summed E-state index contributed by atoms with van der Waals surface area (Å²) < 4.78 is 0. The van der Waals surface area contributed by atoms with E-state index in [9.17, 15) is 0 Å². The summed E-state index contributed by atoms with van der Waals surface area (Å²) >= 11 is 0. The van der Waals surface area contributed by atoms with Crippen LogP contribution in [0.3, 0.4) is 0 Å². The van der Waals surface area contributed by atoms with Gasteiger partial charge in [0.15, 0.2) is 0 Å². The molecule has 0 bridgehead atoms. The van der Waals surface area contributed by atoms with Crippen molar-refractivity contribution in [1.29, 1.82) is 0 Å². The fourth-order valence-electron chi connectivity index (χ4n) is 0.558. The lowest BCUT2D eigenvalue weighted by Gasteiger charge is -2.01. The van der Waals surface area contributed by atoms with Gasteiger partial charge in [-0.2, -0.15) is 0 Å². The molecule has 0 aromatic carbocycles. The molecule has 0 nitrogen and oxygen atoms in total. The summed E-state index contributed by atoms with van der Waals surface area (Å²) in [5.74, 6) is 1.62. The van der Waals surface area contributed by atoms with E-state index < -0.39 is 0 Å². The zero-order valence-corrected chi connectivity index (χ0v) is 16.6. The van der Waals surface area contributed by atoms with Gasteiger partial charge in [0.2, 0.25) is 0 Å². The summed E-state index contributed by atoms with van der Waals surface area (Å²) in [6.07, 6.45) is 4.76. The summed E-state index contributed by atoms with van der Waals surface area (Å²) in [5.41, 5.74) is 1.51. The van der Waals surface area contributed by atoms with E-state index >= 15 is 0 Å². The van der Waals surface area contributed by atoms with Gasteiger partial charge in [0.05, 0.1) is 0 Å². The molecule has 0 atom stereocenters. The van der Waals surface area contributed by atoms with Crippen molar-refractivity contribution >= 4 is 0 Å². The van der Waals surface area contributed by atoms with Crippen molar-refractivity contribution in [3.63, 3.8) is 0 Å². The molecule has 0 aliphatic carbocycles. The molecule has 0 heterocycles. The summed E-state index contributed by atoms with van der Waals surface area (Å²) in [6, 6.07) is 0. The molecule has 0 aliphatic rings. The average Bonchev–Trinajstić information content (AvgIpc) is 2.46. The van der Waals surface area contributed by atoms with Crippen LogP contribution < -0.4 is 0 Å². The average molecular weight is 275 g/mol. The maximum Gasteiger partial charge on any atom is -0.0263 e. The molecule has 0 aliphatic heterocycles. The van der Waals surface area contributed by atoms with Crippen LogP contribution in [0.4, 0.5) is 0 Å². The smallest absolute Gasteiger partial charge is 0.0263 e. The fourth-order valence-corrected chi connectivity index (χ4v) is 0.558. The molecular formula is C19H46. The first-order valence-electron chi connectivity index (χ1n) is 8.62. The first kappa shape index (κ1) is 31.2. The van der Waals surface area contributed by atoms with Crippen LogP contribution in [0.25, 0.3) is 0 Å². The van der Waals surface area contributed by atoms with Gasteiger partial charge >= 0.3 is 0 Å². The van der Waals surface area contributed by atoms with E-state index in [0.29, 0.717) is 0 Å². The first-order chi connectivity index (χ1) is 8.95. The van der Waals surface area contributed by atoms with E-state index in [1.807, 2.05) is 41.5 Å². The topological polar surface area (TPSA) is 0 Å². The molecule has 0 saturated heterocycles. The Balaban J connectivity index is -0.0000000513. The summed E-state index contributed by atoms with van der Waals surface area (Å²) in [5, 5.41) is 0. The Morgan fingerprint density at radius 3 is 1.11 bits per heavy atom. The molecule has 0 amide bonds. The zero-order chi connectivity index (χ0) is 16.9. The third kappa shape index (κ3) is 57.5. The van der Waals surface area contributed by atoms with Crippen molar-refractivity contribution in [1.82, 2.24) is 0 Å². The third-order valence-corrected chi connectivity index (χ3v) is 2.25. The van der Waals surface area contributed by atoms with Crippen molar-refractivity contribution in [3.05, 3.63) is 11.6 Å². The van der Waals surface area contributed by atoms with Gasteiger partial charge in [-0.3, -0.25) is 0 Å². The highest BCUT2D eigenvalue weighted by Gasteiger charge is 1.91. The van der Waals surface area contributed by atoms with Crippen LogP contribution in [0.2, 0.25) is 0 Å². The summed E-state index contributed by atoms with van der Waals surface area (Å²) in [4.78, 5) is 0. The van der Waals surface area contributed by atoms with Crippen LogP contribution in [-0.2, 0) is 0 Å². The lowest BCUT2D eigenvalue weighted by Crippen LogP contribution is -1.86. The van der Waals surface area contributed by atoms with Gasteiger partial charge in [0.25, 0.3) is 0 Å². The molecule has 19 heavy (non-hydrogen) atoms. The van der Waals surface area contributed by atoms with E-state index in [1.54, 1.807) is 0 Å². The second kappa shape index (κ2) is 36.1. The predicted octanol–water partition coefficient (Wildman–Crippen LogP) is 8.13. The van der Waals surface area contributed by atoms with Gasteiger partial charge in [0, 0.05) is 0 Å². The second-order valence-electron chi connectivity index (χ2n) is 4.31. The van der Waals surface area contributed by atoms with Crippen molar-refractivity contribution in [2.24, 2.45) is 11.8 Å². The molecule has 122 valence electrons. The molecular weight excluding hydrogens is 228 g/mol. The Kier molecular flexibility index (Phi) is 59.3. The minimum Gasteiger partial charge on any atom is -0.0856 e. The monoisotopic (exact) mass is 274 g/mol. The third-order valence-electron chi connectivity index (χ3n) is 2.25. The minimum absolute atomic E-state index is 0.731. The van der Waals surface area contributed by atoms with E-state index in [1.165, 1.54) is 18.4 Å². The van der Waals surface area contributed by atoms with Crippen molar-refractivity contribution < 1.29 is 0 Å². The first-order valence-corrected chi connectivity index (χ1v) is 8.62. The largest absolute Gasteiger partial charge is 0.0856 e. The highest BCUT2D eigenvalue weighted by molar-refractivity contribution is 4.99. The van der Waals surface area contributed by atoms with Gasteiger partial charge in [-0.1, -0.05) is 101 Å². The number of rotatable bonds is 3. The van der Waals surface area contributed by atoms with E-state index in [2.05, 4.69) is 54.5 Å². The minimum atomic E-state index is 0.731. The Morgan fingerprint density at radius 1 is 0.789 bits per heavy atom. The molecule has 0 aromatic heterocycles. The van der Waals surface area contributed by atoms with Crippen LogP contribution in [0.15, 0.2) is 11.6 Å². The standard InChI is InChI=1S/C8H16.C5H12.3C2H6/c1-5-6-8(4)7(2)3;1-4-5(2)3;3*1-2/h6-7H,5H2,1-4H3;5H,4H2,1-3H3;3*1-2H3/b8-6+;;;;. The Labute approximate surface area is 127 Å². The number of hydrogen-bond acceptors (Lipinski definition) is 0. The van der Waals surface area contributed by atoms with E-state index in [-0.39, 0.29) is 0 Å². The molecule has 0 spiro atoms. The van der Waals surface area contributed by atoms with E-state index in [0.717, 1.165) is 11.8 Å². The number of allylic oxidation sites excluding steroid dienone is 2. The molecule has 0 saturated carbocycles. The second-order valence-corrected chi connectivity index (χ2v) is 4.31. The van der Waals surface area contributed by atoms with Crippen LogP contribution in [0.1, 0.15) is 103 Å². The zero-order valence-electron chi connectivity index (χ0n) is 16.6. The lowest BCUT2D eigenvalue weighted by atomic mass is 10.0. The molecule has 0 unspecified atom stereocenters. The summed E-state index contributed by atoms with van der Waals surface area (Å²) in [6.45, 7) is 27.5. The Morgan fingerprint density at radius 2 is 1.05 bits per heavy atom. The maximum absolute atomic E-state index is 2.28. The molecule has 0 aromatic rings. The van der Waals surface area contributed by atoms with Crippen LogP contribution in [-0.4, -0.2) is 0 Å². The fraction of sp³-hybridized carbons (Fsp3) is 0.895. The molecule has 0 rings (SSSR count). The highest BCUT2D eigenvalue weighted by Crippen LogP contribution is 2.07. The maximum atomic E-state index is 2.28. The van der Waals surface area contributed by atoms with Crippen molar-refractivity contribution in [2.45, 2.75) is 103 Å². The normalized spacial score (nSPS) is 8.89. The molecule has 0 fully saturated rings. The summed E-state index contributed by atoms with van der Waals surface area (Å²) in [7, 11) is 0. The van der Waals surface area contributed by atoms with Gasteiger partial charge in [0.1, 0.15) is 0 Å². The SMILES string of the molecule is CC.CC.CC.CC/C=C(\C)C(C)C.CCC(C)C. The van der Waals surface area contributed by atoms with Crippen LogP contribution in [0, 0.1) is 11.8 Å². The molecule has 0 radical (unpaired) electrons. The molecule has 0 heteroatoms. The lowest BCUT2D eigenvalue weighted by molar-refractivity contribution is 0.626. The predicted molar refractivity (Wildman–Crippen MR) is 98.1 cm³/mol. The van der Waals surface area contributed by atoms with Crippen LogP contribution in [0.5, 0.6) is 0 Å². The van der Waals surface area contributed by atoms with Crippen molar-refractivity contribution in [2.75, 3.05) is 0 Å². The van der Waals surface area contributed by atoms with Gasteiger partial charge in [-0.15, -0.1) is 0 Å². The Bertz CT molecular complexity index is 118. The van der Waals surface area contributed by atoms with E-state index in [4.69, 9.17) is 0 Å².